The number of rotatable bonds is 4. The minimum Gasteiger partial charge on any atom is -0.335 e. The van der Waals surface area contributed by atoms with Gasteiger partial charge in [0.15, 0.2) is 5.69 Å². The van der Waals surface area contributed by atoms with Gasteiger partial charge < -0.3 is 5.84 Å². The number of halogens is 5. The van der Waals surface area contributed by atoms with Crippen molar-refractivity contribution in [2.24, 2.45) is 4.47 Å². The third kappa shape index (κ3) is 4.41. The van der Waals surface area contributed by atoms with E-state index in [0.29, 0.717) is 11.2 Å². The highest BCUT2D eigenvalue weighted by Gasteiger charge is 2.36. The van der Waals surface area contributed by atoms with Crippen molar-refractivity contribution in [1.29, 1.82) is 0 Å². The van der Waals surface area contributed by atoms with Crippen LogP contribution in [0.4, 0.5) is 23.2 Å². The van der Waals surface area contributed by atoms with Gasteiger partial charge in [-0.25, -0.2) is 23.4 Å². The highest BCUT2D eigenvalue weighted by atomic mass is 35.5. The number of hydrazine groups is 1. The molecule has 0 aliphatic heterocycles. The van der Waals surface area contributed by atoms with Gasteiger partial charge in [0.25, 0.3) is 5.56 Å². The van der Waals surface area contributed by atoms with Gasteiger partial charge in [-0.3, -0.25) is 4.79 Å². The zero-order chi connectivity index (χ0) is 22.3. The molecule has 16 heteroatoms. The molecule has 1 heterocycles. The normalized spacial score (nSPS) is 11.6. The maximum absolute atomic E-state index is 14.4. The van der Waals surface area contributed by atoms with Crippen LogP contribution in [0.3, 0.4) is 0 Å². The Kier molecular flexibility index (Phi) is 6.05. The van der Waals surface area contributed by atoms with E-state index in [4.69, 9.17) is 17.4 Å². The Morgan fingerprint density at radius 1 is 1.17 bits per heavy atom. The molecule has 29 heavy (non-hydrogen) atoms. The van der Waals surface area contributed by atoms with E-state index < -0.39 is 45.1 Å². The van der Waals surface area contributed by atoms with E-state index in [1.165, 1.54) is 14.1 Å². The summed E-state index contributed by atoms with van der Waals surface area (Å²) in [5, 5.41) is 1.42. The lowest BCUT2D eigenvalue weighted by Gasteiger charge is -2.25. The van der Waals surface area contributed by atoms with Gasteiger partial charge in [-0.1, -0.05) is 11.6 Å². The van der Waals surface area contributed by atoms with Crippen LogP contribution in [0.15, 0.2) is 32.3 Å². The Hall–Kier alpha value is -2.91. The summed E-state index contributed by atoms with van der Waals surface area (Å²) < 4.78 is 77.8. The molecule has 0 amide bonds. The fourth-order valence-corrected chi connectivity index (χ4v) is 2.83. The van der Waals surface area contributed by atoms with Gasteiger partial charge in [0.2, 0.25) is 0 Å². The third-order valence-electron chi connectivity index (χ3n) is 3.42. The Bertz CT molecular complexity index is 1210. The van der Waals surface area contributed by atoms with Crippen molar-refractivity contribution in [1.82, 2.24) is 14.3 Å². The van der Waals surface area contributed by atoms with Crippen LogP contribution in [0.5, 0.6) is 0 Å². The Morgan fingerprint density at radius 3 is 2.24 bits per heavy atom. The minimum atomic E-state index is -5.12. The van der Waals surface area contributed by atoms with Crippen LogP contribution in [0.2, 0.25) is 5.02 Å². The maximum atomic E-state index is 14.4. The van der Waals surface area contributed by atoms with Crippen LogP contribution in [0, 0.1) is 5.82 Å². The largest absolute Gasteiger partial charge is 0.433 e. The van der Waals surface area contributed by atoms with Crippen molar-refractivity contribution in [3.63, 3.8) is 0 Å². The highest BCUT2D eigenvalue weighted by molar-refractivity contribution is 7.61. The van der Waals surface area contributed by atoms with Crippen LogP contribution >= 0.6 is 11.6 Å². The number of nitrogens with zero attached hydrogens (tertiary/aromatic N) is 5. The molecule has 0 radical (unpaired) electrons. The number of anilines is 1. The molecule has 0 saturated carbocycles. The van der Waals surface area contributed by atoms with Crippen molar-refractivity contribution in [3.8, 4) is 5.69 Å². The molecule has 2 N–H and O–H groups in total. The summed E-state index contributed by atoms with van der Waals surface area (Å²) in [6.45, 7) is 0. The first kappa shape index (κ1) is 22.4. The average molecular weight is 459 g/mol. The van der Waals surface area contributed by atoms with E-state index in [0.717, 1.165) is 11.1 Å². The van der Waals surface area contributed by atoms with E-state index >= 15 is 0 Å². The molecule has 0 unspecified atom stereocenters. The molecular weight excluding hydrogens is 448 g/mol. The molecule has 0 atom stereocenters. The van der Waals surface area contributed by atoms with Crippen LogP contribution in [0.1, 0.15) is 5.69 Å². The van der Waals surface area contributed by atoms with E-state index in [1.807, 2.05) is 0 Å². The number of aromatic nitrogens is 2. The standard InChI is InChI=1S/C13H11ClF4N6O4S/c1-21(2)24(20-29(27)28)8-4-9(7(15)3-6(8)14)22-11(25)5-10(13(16,17)18)23(19)12(22)26/h3-5H,19H2,1-2H3. The third-order valence-corrected chi connectivity index (χ3v) is 4.01. The van der Waals surface area contributed by atoms with Gasteiger partial charge in [0, 0.05) is 20.2 Å². The van der Waals surface area contributed by atoms with Gasteiger partial charge >= 0.3 is 22.4 Å². The average Bonchev–Trinajstić information content (AvgIpc) is 2.56. The zero-order valence-electron chi connectivity index (χ0n) is 14.5. The summed E-state index contributed by atoms with van der Waals surface area (Å²) in [4.78, 5) is 24.4. The molecular formula is C13H11ClF4N6O4S. The second-order valence-electron chi connectivity index (χ2n) is 5.54. The lowest BCUT2D eigenvalue weighted by atomic mass is 10.2. The summed E-state index contributed by atoms with van der Waals surface area (Å²) in [7, 11) is -0.299. The molecule has 158 valence electrons. The second kappa shape index (κ2) is 7.84. The Morgan fingerprint density at radius 2 is 1.76 bits per heavy atom. The highest BCUT2D eigenvalue weighted by Crippen LogP contribution is 2.31. The molecule has 2 rings (SSSR count). The first-order chi connectivity index (χ1) is 13.3. The maximum Gasteiger partial charge on any atom is 0.433 e. The van der Waals surface area contributed by atoms with Crippen molar-refractivity contribution in [2.45, 2.75) is 6.18 Å². The molecule has 0 spiro atoms. The molecule has 10 nitrogen and oxygen atoms in total. The minimum absolute atomic E-state index is 0.00983. The zero-order valence-corrected chi connectivity index (χ0v) is 16.0. The number of hydrogen-bond donors (Lipinski definition) is 1. The molecule has 0 saturated heterocycles. The quantitative estimate of drug-likeness (QED) is 0.408. The molecule has 0 aliphatic carbocycles. The summed E-state index contributed by atoms with van der Waals surface area (Å²) in [6.07, 6.45) is -5.12. The van der Waals surface area contributed by atoms with Crippen molar-refractivity contribution in [3.05, 3.63) is 55.6 Å². The molecule has 1 aromatic carbocycles. The molecule has 1 aromatic heterocycles. The summed E-state index contributed by atoms with van der Waals surface area (Å²) in [5.74, 6) is 3.86. The molecule has 2 aromatic rings. The number of hydrogen-bond acceptors (Lipinski definition) is 7. The lowest BCUT2D eigenvalue weighted by Crippen LogP contribution is -2.45. The van der Waals surface area contributed by atoms with Gasteiger partial charge in [0.05, 0.1) is 10.7 Å². The van der Waals surface area contributed by atoms with Crippen LogP contribution in [0.25, 0.3) is 5.69 Å². The van der Waals surface area contributed by atoms with Crippen LogP contribution in [-0.2, 0) is 16.7 Å². The number of alkyl halides is 3. The second-order valence-corrected chi connectivity index (χ2v) is 6.55. The van der Waals surface area contributed by atoms with Gasteiger partial charge in [-0.15, -0.1) is 0 Å². The fourth-order valence-electron chi connectivity index (χ4n) is 2.24. The van der Waals surface area contributed by atoms with E-state index in [2.05, 4.69) is 4.47 Å². The van der Waals surface area contributed by atoms with Crippen LogP contribution < -0.4 is 22.2 Å². The SMILES string of the molecule is CN(C)N(N=S(=O)=O)c1cc(-n2c(=O)cc(C(F)(F)F)n(N)c2=O)c(F)cc1Cl. The van der Waals surface area contributed by atoms with Crippen molar-refractivity contribution < 1.29 is 26.0 Å². The predicted octanol–water partition coefficient (Wildman–Crippen LogP) is 0.785. The Labute approximate surface area is 165 Å². The van der Waals surface area contributed by atoms with Crippen LogP contribution in [-0.4, -0.2) is 36.8 Å². The van der Waals surface area contributed by atoms with E-state index in [-0.39, 0.29) is 26.0 Å². The predicted molar refractivity (Wildman–Crippen MR) is 93.9 cm³/mol. The summed E-state index contributed by atoms with van der Waals surface area (Å²) in [5.41, 5.74) is -6.10. The number of benzene rings is 1. The summed E-state index contributed by atoms with van der Waals surface area (Å²) in [6, 6.07) is 1.39. The topological polar surface area (TPSA) is 123 Å². The first-order valence-electron chi connectivity index (χ1n) is 7.25. The lowest BCUT2D eigenvalue weighted by molar-refractivity contribution is -0.143. The number of nitrogens with two attached hydrogens (primary N) is 1. The smallest absolute Gasteiger partial charge is 0.335 e. The monoisotopic (exact) mass is 458 g/mol. The van der Waals surface area contributed by atoms with E-state index in [1.54, 1.807) is 0 Å². The fraction of sp³-hybridized carbons (Fsp3) is 0.231. The molecule has 0 bridgehead atoms. The number of nitrogen functional groups attached to an aromatic ring is 1. The van der Waals surface area contributed by atoms with Gasteiger partial charge in [0.1, 0.15) is 11.5 Å². The van der Waals surface area contributed by atoms with Gasteiger partial charge in [-0.2, -0.15) is 26.7 Å². The Balaban J connectivity index is 2.88. The van der Waals surface area contributed by atoms with Crippen molar-refractivity contribution >= 4 is 27.8 Å². The molecule has 0 fully saturated rings. The summed E-state index contributed by atoms with van der Waals surface area (Å²) >= 11 is 5.89. The molecule has 0 aliphatic rings. The van der Waals surface area contributed by atoms with E-state index in [9.17, 15) is 35.6 Å². The van der Waals surface area contributed by atoms with Crippen molar-refractivity contribution in [2.75, 3.05) is 25.1 Å². The van der Waals surface area contributed by atoms with Gasteiger partial charge in [-0.05, 0) is 16.6 Å². The first-order valence-corrected chi connectivity index (χ1v) is 8.66.